The van der Waals surface area contributed by atoms with Gasteiger partial charge in [0.1, 0.15) is 5.82 Å². The first-order valence-corrected chi connectivity index (χ1v) is 14.4. The minimum Gasteiger partial charge on any atom is -0.478 e. The van der Waals surface area contributed by atoms with Gasteiger partial charge in [-0.25, -0.2) is 9.18 Å². The summed E-state index contributed by atoms with van der Waals surface area (Å²) in [6.07, 6.45) is 9.44. The number of rotatable bonds is 8. The maximum absolute atomic E-state index is 14.9. The van der Waals surface area contributed by atoms with Crippen molar-refractivity contribution < 1.29 is 19.1 Å². The van der Waals surface area contributed by atoms with Gasteiger partial charge < -0.3 is 14.6 Å². The Morgan fingerprint density at radius 2 is 1.93 bits per heavy atom. The van der Waals surface area contributed by atoms with E-state index in [0.717, 1.165) is 55.5 Å². The fourth-order valence-electron chi connectivity index (χ4n) is 6.37. The highest BCUT2D eigenvalue weighted by Gasteiger charge is 2.45. The first kappa shape index (κ1) is 26.9. The summed E-state index contributed by atoms with van der Waals surface area (Å²) in [5, 5.41) is 18.2. The third-order valence-corrected chi connectivity index (χ3v) is 8.41. The molecule has 1 aliphatic carbocycles. The van der Waals surface area contributed by atoms with Crippen molar-refractivity contribution in [1.29, 1.82) is 0 Å². The van der Waals surface area contributed by atoms with Crippen LogP contribution < -0.4 is 0 Å². The lowest BCUT2D eigenvalue weighted by Gasteiger charge is -2.36. The predicted octanol–water partition coefficient (Wildman–Crippen LogP) is 6.18. The zero-order valence-corrected chi connectivity index (χ0v) is 23.3. The second-order valence-corrected chi connectivity index (χ2v) is 11.3. The lowest BCUT2D eigenvalue weighted by Crippen LogP contribution is -2.43. The molecule has 0 spiro atoms. The van der Waals surface area contributed by atoms with E-state index >= 15 is 0 Å². The molecule has 0 radical (unpaired) electrons. The zero-order valence-electron chi connectivity index (χ0n) is 23.3. The molecule has 8 nitrogen and oxygen atoms in total. The molecule has 2 aliphatic rings. The Labute approximate surface area is 238 Å². The highest BCUT2D eigenvalue weighted by molar-refractivity contribution is 5.96. The Hall–Kier alpha value is -4.27. The normalized spacial score (nSPS) is 20.3. The van der Waals surface area contributed by atoms with Crippen LogP contribution in [0.3, 0.4) is 0 Å². The van der Waals surface area contributed by atoms with Crippen LogP contribution in [-0.2, 0) is 7.05 Å². The number of hydrogen-bond donors (Lipinski definition) is 1. The van der Waals surface area contributed by atoms with Crippen LogP contribution >= 0.6 is 0 Å². The lowest BCUT2D eigenvalue weighted by atomic mass is 9.96. The number of aromatic carboxylic acids is 1. The number of halogens is 1. The van der Waals surface area contributed by atoms with Gasteiger partial charge in [-0.15, -0.1) is 5.10 Å². The molecule has 2 fully saturated rings. The van der Waals surface area contributed by atoms with Gasteiger partial charge in [0.2, 0.25) is 0 Å². The molecule has 4 aromatic rings. The number of carboxylic acids is 1. The summed E-state index contributed by atoms with van der Waals surface area (Å²) < 4.78 is 18.5. The number of carboxylic acid groups (broad SMARTS) is 1. The second kappa shape index (κ2) is 11.0. The molecule has 41 heavy (non-hydrogen) atoms. The van der Waals surface area contributed by atoms with Gasteiger partial charge >= 0.3 is 5.97 Å². The molecule has 2 unspecified atom stereocenters. The quantitative estimate of drug-likeness (QED) is 0.280. The van der Waals surface area contributed by atoms with Crippen molar-refractivity contribution >= 4 is 11.9 Å². The number of benzene rings is 2. The van der Waals surface area contributed by atoms with Gasteiger partial charge in [-0.3, -0.25) is 9.48 Å². The summed E-state index contributed by atoms with van der Waals surface area (Å²) in [6, 6.07) is 13.9. The van der Waals surface area contributed by atoms with E-state index in [4.69, 9.17) is 0 Å². The minimum atomic E-state index is -0.980. The number of amides is 1. The van der Waals surface area contributed by atoms with Crippen molar-refractivity contribution in [3.8, 4) is 16.8 Å². The van der Waals surface area contributed by atoms with E-state index in [1.165, 1.54) is 12.1 Å². The fraction of sp³-hybridized carbons (Fsp3) is 0.375. The van der Waals surface area contributed by atoms with Gasteiger partial charge in [0, 0.05) is 60.8 Å². The maximum Gasteiger partial charge on any atom is 0.337 e. The Morgan fingerprint density at radius 1 is 1.07 bits per heavy atom. The van der Waals surface area contributed by atoms with Gasteiger partial charge in [-0.05, 0) is 79.6 Å². The number of hydrogen-bond acceptors (Lipinski definition) is 4. The fourth-order valence-corrected chi connectivity index (χ4v) is 6.37. The van der Waals surface area contributed by atoms with E-state index in [1.54, 1.807) is 23.0 Å². The van der Waals surface area contributed by atoms with E-state index < -0.39 is 11.8 Å². The third-order valence-electron chi connectivity index (χ3n) is 8.41. The van der Waals surface area contributed by atoms with Crippen LogP contribution in [0.4, 0.5) is 4.39 Å². The minimum absolute atomic E-state index is 0.00420. The van der Waals surface area contributed by atoms with E-state index in [9.17, 15) is 19.1 Å². The smallest absolute Gasteiger partial charge is 0.337 e. The molecule has 1 amide bonds. The summed E-state index contributed by atoms with van der Waals surface area (Å²) in [4.78, 5) is 27.6. The molecule has 3 atom stereocenters. The molecule has 0 bridgehead atoms. The van der Waals surface area contributed by atoms with Crippen LogP contribution in [0.5, 0.6) is 0 Å². The highest BCUT2D eigenvalue weighted by atomic mass is 19.1. The van der Waals surface area contributed by atoms with Crippen LogP contribution in [0.15, 0.2) is 60.9 Å². The standard InChI is InChI=1S/C32H34FN5O3/c1-3-7-24-9-4-5-12-38(24)31(39)22-14-21(15-23(33)16-22)20-8-6-10-25(17-20)37-13-11-26(32(40)41)30(37)28-18-27(28)29-19-36(2)35-34-29/h6,8,10-11,13-17,19,24,27-28H,3-5,7,9,12,18H2,1-2H3,(H,40,41)/t24-,27?,28?/m1/s1. The molecule has 1 saturated heterocycles. The Balaban J connectivity index is 1.33. The van der Waals surface area contributed by atoms with Crippen LogP contribution in [0.25, 0.3) is 16.8 Å². The summed E-state index contributed by atoms with van der Waals surface area (Å²) in [6.45, 7) is 2.82. The number of carbonyl (C=O) groups excluding carboxylic acids is 1. The van der Waals surface area contributed by atoms with Gasteiger partial charge in [0.25, 0.3) is 5.91 Å². The predicted molar refractivity (Wildman–Crippen MR) is 153 cm³/mol. The van der Waals surface area contributed by atoms with Crippen molar-refractivity contribution in [1.82, 2.24) is 24.5 Å². The summed E-state index contributed by atoms with van der Waals surface area (Å²) >= 11 is 0. The van der Waals surface area contributed by atoms with Gasteiger partial charge in [-0.1, -0.05) is 30.7 Å². The molecule has 1 saturated carbocycles. The topological polar surface area (TPSA) is 93.2 Å². The average molecular weight is 556 g/mol. The zero-order chi connectivity index (χ0) is 28.7. The van der Waals surface area contributed by atoms with Crippen molar-refractivity contribution in [3.63, 3.8) is 0 Å². The Morgan fingerprint density at radius 3 is 2.68 bits per heavy atom. The van der Waals surface area contributed by atoms with E-state index in [0.29, 0.717) is 23.4 Å². The van der Waals surface area contributed by atoms with E-state index in [-0.39, 0.29) is 29.3 Å². The van der Waals surface area contributed by atoms with Gasteiger partial charge in [0.05, 0.1) is 11.3 Å². The molecule has 9 heteroatoms. The van der Waals surface area contributed by atoms with Crippen LogP contribution in [0.2, 0.25) is 0 Å². The van der Waals surface area contributed by atoms with E-state index in [2.05, 4.69) is 17.2 Å². The molecular weight excluding hydrogens is 521 g/mol. The molecule has 3 heterocycles. The molecule has 1 N–H and O–H groups in total. The monoisotopic (exact) mass is 555 g/mol. The van der Waals surface area contributed by atoms with Crippen LogP contribution in [-0.4, -0.2) is 54.0 Å². The molecule has 2 aromatic heterocycles. The molecule has 1 aliphatic heterocycles. The number of likely N-dealkylation sites (tertiary alicyclic amines) is 1. The molecular formula is C32H34FN5O3. The highest BCUT2D eigenvalue weighted by Crippen LogP contribution is 2.55. The maximum atomic E-state index is 14.9. The lowest BCUT2D eigenvalue weighted by molar-refractivity contribution is 0.0599. The van der Waals surface area contributed by atoms with Gasteiger partial charge in [0.15, 0.2) is 0 Å². The van der Waals surface area contributed by atoms with Crippen molar-refractivity contribution in [2.45, 2.75) is 63.3 Å². The van der Waals surface area contributed by atoms with Crippen LogP contribution in [0, 0.1) is 5.82 Å². The SMILES string of the molecule is CCC[C@@H]1CCCCN1C(=O)c1cc(F)cc(-c2cccc(-n3ccc(C(=O)O)c3C3CC3c3cn(C)nn3)c2)c1. The summed E-state index contributed by atoms with van der Waals surface area (Å²) in [5.74, 6) is -1.47. The first-order chi connectivity index (χ1) is 19.8. The number of aromatic nitrogens is 4. The number of nitrogens with zero attached hydrogens (tertiary/aromatic N) is 5. The third kappa shape index (κ3) is 5.28. The van der Waals surface area contributed by atoms with Crippen molar-refractivity contribution in [2.24, 2.45) is 7.05 Å². The average Bonchev–Trinajstić information content (AvgIpc) is 3.41. The molecule has 6 rings (SSSR count). The number of aryl methyl sites for hydroxylation is 1. The van der Waals surface area contributed by atoms with Crippen molar-refractivity contribution in [2.75, 3.05) is 6.54 Å². The van der Waals surface area contributed by atoms with Crippen molar-refractivity contribution in [3.05, 3.63) is 89.3 Å². The number of carbonyl (C=O) groups is 2. The molecule has 2 aromatic carbocycles. The Kier molecular flexibility index (Phi) is 7.19. The second-order valence-electron chi connectivity index (χ2n) is 11.3. The number of piperidine rings is 1. The van der Waals surface area contributed by atoms with Crippen LogP contribution in [0.1, 0.15) is 89.4 Å². The summed E-state index contributed by atoms with van der Waals surface area (Å²) in [7, 11) is 1.81. The van der Waals surface area contributed by atoms with E-state index in [1.807, 2.05) is 47.0 Å². The largest absolute Gasteiger partial charge is 0.478 e. The Bertz CT molecular complexity index is 1610. The first-order valence-electron chi connectivity index (χ1n) is 14.4. The summed E-state index contributed by atoms with van der Waals surface area (Å²) in [5.41, 5.74) is 4.30. The molecule has 212 valence electrons. The van der Waals surface area contributed by atoms with Gasteiger partial charge in [-0.2, -0.15) is 0 Å².